The Morgan fingerprint density at radius 1 is 0.281 bits per heavy atom. The molecule has 0 radical (unpaired) electrons. The molecule has 0 aromatic rings. The minimum absolute atomic E-state index is 0.102. The Bertz CT molecular complexity index is 1760. The van der Waals surface area contributed by atoms with Gasteiger partial charge in [0.15, 0.2) is 12.2 Å². The second-order valence-electron chi connectivity index (χ2n) is 27.2. The highest BCUT2D eigenvalue weighted by Crippen LogP contribution is 2.45. The van der Waals surface area contributed by atoms with Gasteiger partial charge in [0.05, 0.1) is 26.4 Å². The first-order valence-electron chi connectivity index (χ1n) is 36.2. The molecule has 3 N–H and O–H groups in total. The predicted octanol–water partition coefficient (Wildman–Crippen LogP) is 19.7. The molecule has 89 heavy (non-hydrogen) atoms. The summed E-state index contributed by atoms with van der Waals surface area (Å²) in [6.07, 6.45) is 42.0. The van der Waals surface area contributed by atoms with Crippen LogP contribution in [-0.4, -0.2) is 96.7 Å². The first kappa shape index (κ1) is 87.1. The number of aliphatic hydroxyl groups is 1. The van der Waals surface area contributed by atoms with Gasteiger partial charge in [-0.1, -0.05) is 293 Å². The molecular weight excluding hydrogens is 1170 g/mol. The third-order valence-electron chi connectivity index (χ3n) is 16.1. The van der Waals surface area contributed by atoms with Crippen LogP contribution in [0, 0.1) is 23.7 Å². The van der Waals surface area contributed by atoms with Crippen LogP contribution in [0.2, 0.25) is 0 Å². The molecule has 0 aliphatic rings. The topological polar surface area (TPSA) is 237 Å². The van der Waals surface area contributed by atoms with Crippen molar-refractivity contribution in [2.75, 3.05) is 39.6 Å². The molecule has 19 heteroatoms. The van der Waals surface area contributed by atoms with Gasteiger partial charge in [-0.25, -0.2) is 9.13 Å². The molecule has 0 heterocycles. The molecule has 528 valence electrons. The second kappa shape index (κ2) is 59.8. The van der Waals surface area contributed by atoms with E-state index in [0.717, 1.165) is 108 Å². The van der Waals surface area contributed by atoms with E-state index in [1.807, 2.05) is 0 Å². The van der Waals surface area contributed by atoms with E-state index in [2.05, 4.69) is 55.4 Å². The highest BCUT2D eigenvalue weighted by molar-refractivity contribution is 7.47. The second-order valence-corrected chi connectivity index (χ2v) is 30.1. The molecule has 0 aromatic carbocycles. The number of ether oxygens (including phenoxy) is 4. The summed E-state index contributed by atoms with van der Waals surface area (Å²) in [7, 11) is -9.90. The molecule has 0 saturated carbocycles. The Balaban J connectivity index is 5.19. The molecule has 0 aromatic heterocycles. The Morgan fingerprint density at radius 3 is 0.697 bits per heavy atom. The highest BCUT2D eigenvalue weighted by atomic mass is 31.2. The van der Waals surface area contributed by atoms with Crippen LogP contribution in [0.15, 0.2) is 0 Å². The molecule has 0 rings (SSSR count). The highest BCUT2D eigenvalue weighted by Gasteiger charge is 2.30. The van der Waals surface area contributed by atoms with Crippen LogP contribution in [-0.2, 0) is 65.4 Å². The Hall–Kier alpha value is -1.94. The Kier molecular flexibility index (Phi) is 58.5. The van der Waals surface area contributed by atoms with Crippen LogP contribution in [0.25, 0.3) is 0 Å². The average Bonchev–Trinajstić information content (AvgIpc) is 3.67. The number of unbranched alkanes of at least 4 members (excludes halogenated alkanes) is 33. The van der Waals surface area contributed by atoms with Crippen molar-refractivity contribution < 1.29 is 80.2 Å². The Labute approximate surface area is 543 Å². The van der Waals surface area contributed by atoms with E-state index in [1.54, 1.807) is 0 Å². The Morgan fingerprint density at radius 2 is 0.472 bits per heavy atom. The maximum absolute atomic E-state index is 13.0. The van der Waals surface area contributed by atoms with Gasteiger partial charge in [-0.05, 0) is 49.4 Å². The zero-order valence-electron chi connectivity index (χ0n) is 58.1. The largest absolute Gasteiger partial charge is 0.472 e. The molecule has 5 atom stereocenters. The van der Waals surface area contributed by atoms with Crippen molar-refractivity contribution in [2.45, 2.75) is 363 Å². The summed E-state index contributed by atoms with van der Waals surface area (Å²) < 4.78 is 68.2. The minimum Gasteiger partial charge on any atom is -0.462 e. The van der Waals surface area contributed by atoms with E-state index in [0.29, 0.717) is 37.5 Å². The van der Waals surface area contributed by atoms with Gasteiger partial charge in [-0.3, -0.25) is 37.3 Å². The molecule has 0 amide bonds. The predicted molar refractivity (Wildman–Crippen MR) is 358 cm³/mol. The van der Waals surface area contributed by atoms with Crippen molar-refractivity contribution in [3.05, 3.63) is 0 Å². The molecule has 0 fully saturated rings. The molecule has 0 aliphatic heterocycles. The summed E-state index contributed by atoms with van der Waals surface area (Å²) in [5, 5.41) is 10.6. The fourth-order valence-electron chi connectivity index (χ4n) is 10.5. The molecular formula is C70H136O17P2. The normalized spacial score (nSPS) is 14.3. The van der Waals surface area contributed by atoms with E-state index in [-0.39, 0.29) is 25.7 Å². The average molecular weight is 1310 g/mol. The van der Waals surface area contributed by atoms with Gasteiger partial charge in [0, 0.05) is 25.7 Å². The van der Waals surface area contributed by atoms with Gasteiger partial charge in [0.25, 0.3) is 0 Å². The lowest BCUT2D eigenvalue weighted by Gasteiger charge is -2.21. The molecule has 17 nitrogen and oxygen atoms in total. The maximum Gasteiger partial charge on any atom is 0.472 e. The monoisotopic (exact) mass is 1310 g/mol. The van der Waals surface area contributed by atoms with Crippen LogP contribution in [0.4, 0.5) is 0 Å². The summed E-state index contributed by atoms with van der Waals surface area (Å²) in [5.74, 6) is 0.788. The summed E-state index contributed by atoms with van der Waals surface area (Å²) in [5.41, 5.74) is 0. The number of carbonyl (C=O) groups is 4. The fourth-order valence-corrected chi connectivity index (χ4v) is 12.1. The van der Waals surface area contributed by atoms with Crippen LogP contribution >= 0.6 is 15.6 Å². The number of aliphatic hydroxyl groups excluding tert-OH is 1. The van der Waals surface area contributed by atoms with Gasteiger partial charge < -0.3 is 33.8 Å². The first-order valence-corrected chi connectivity index (χ1v) is 39.2. The number of hydrogen-bond acceptors (Lipinski definition) is 15. The molecule has 3 unspecified atom stereocenters. The van der Waals surface area contributed by atoms with Gasteiger partial charge in [-0.15, -0.1) is 0 Å². The van der Waals surface area contributed by atoms with Crippen molar-refractivity contribution >= 4 is 39.5 Å². The maximum atomic E-state index is 13.0. The quantitative estimate of drug-likeness (QED) is 0.0222. The van der Waals surface area contributed by atoms with Crippen molar-refractivity contribution in [1.82, 2.24) is 0 Å². The SMILES string of the molecule is CC(C)CCCCCCCCCCCCCCCCCC(=O)O[C@H](COC(=O)CCCCCCCCC(C)C)COP(=O)(O)OCC(O)COP(=O)(O)OC[C@@H](COC(=O)CCCCCCCCCCCC(C)C)OC(=O)CCCCCCCCCC(C)C. The van der Waals surface area contributed by atoms with Gasteiger partial charge >= 0.3 is 39.5 Å². The van der Waals surface area contributed by atoms with E-state index < -0.39 is 97.5 Å². The minimum atomic E-state index is -4.95. The lowest BCUT2D eigenvalue weighted by molar-refractivity contribution is -0.161. The smallest absolute Gasteiger partial charge is 0.462 e. The number of carbonyl (C=O) groups excluding carboxylic acids is 4. The summed E-state index contributed by atoms with van der Waals surface area (Å²) in [6, 6.07) is 0. The van der Waals surface area contributed by atoms with Crippen LogP contribution < -0.4 is 0 Å². The zero-order chi connectivity index (χ0) is 66.1. The van der Waals surface area contributed by atoms with Crippen LogP contribution in [0.3, 0.4) is 0 Å². The van der Waals surface area contributed by atoms with Crippen molar-refractivity contribution in [1.29, 1.82) is 0 Å². The number of rotatable bonds is 67. The zero-order valence-corrected chi connectivity index (χ0v) is 59.8. The summed E-state index contributed by atoms with van der Waals surface area (Å²) in [6.45, 7) is 14.0. The lowest BCUT2D eigenvalue weighted by Crippen LogP contribution is -2.30. The molecule has 0 saturated heterocycles. The van der Waals surface area contributed by atoms with Gasteiger partial charge in [-0.2, -0.15) is 0 Å². The lowest BCUT2D eigenvalue weighted by atomic mass is 10.0. The first-order chi connectivity index (χ1) is 42.6. The van der Waals surface area contributed by atoms with Crippen molar-refractivity contribution in [3.63, 3.8) is 0 Å². The molecule has 0 spiro atoms. The van der Waals surface area contributed by atoms with E-state index in [9.17, 15) is 43.2 Å². The third kappa shape index (κ3) is 64.6. The summed E-state index contributed by atoms with van der Waals surface area (Å²) in [4.78, 5) is 72.4. The standard InChI is InChI=1S/C70H136O17P2/c1-60(2)46-38-30-22-17-14-12-10-9-11-13-15-19-26-36-44-52-69(74)86-66(57-81-68(73)51-43-35-29-28-33-41-49-63(7)8)59-85-89(78,79)83-55-64(71)54-82-88(76,77)84-58-65(87-70(75)53-45-37-27-21-24-32-40-48-62(5)6)56-80-67(72)50-42-34-25-20-16-18-23-31-39-47-61(3)4/h60-66,71H,9-59H2,1-8H3,(H,76,77)(H,78,79)/t64?,65-,66-/m1/s1. The number of phosphoric ester groups is 2. The number of esters is 4. The fraction of sp³-hybridized carbons (Fsp3) is 0.943. The van der Waals surface area contributed by atoms with Crippen molar-refractivity contribution in [3.8, 4) is 0 Å². The number of hydrogen-bond donors (Lipinski definition) is 3. The van der Waals surface area contributed by atoms with E-state index in [4.69, 9.17) is 37.0 Å². The van der Waals surface area contributed by atoms with Crippen LogP contribution in [0.1, 0.15) is 344 Å². The van der Waals surface area contributed by atoms with Crippen LogP contribution in [0.5, 0.6) is 0 Å². The third-order valence-corrected chi connectivity index (χ3v) is 18.0. The summed E-state index contributed by atoms with van der Waals surface area (Å²) >= 11 is 0. The van der Waals surface area contributed by atoms with Gasteiger partial charge in [0.1, 0.15) is 19.3 Å². The number of phosphoric acid groups is 2. The van der Waals surface area contributed by atoms with Gasteiger partial charge in [0.2, 0.25) is 0 Å². The molecule has 0 aliphatic carbocycles. The van der Waals surface area contributed by atoms with E-state index >= 15 is 0 Å². The molecule has 0 bridgehead atoms. The van der Waals surface area contributed by atoms with Crippen molar-refractivity contribution in [2.24, 2.45) is 23.7 Å². The van der Waals surface area contributed by atoms with E-state index in [1.165, 1.54) is 141 Å².